The lowest BCUT2D eigenvalue weighted by molar-refractivity contribution is 0.102. The number of nitrogens with one attached hydrogen (secondary N) is 2. The van der Waals surface area contributed by atoms with Crippen molar-refractivity contribution in [3.05, 3.63) is 42.0 Å². The summed E-state index contributed by atoms with van der Waals surface area (Å²) in [7, 11) is 0.569. The van der Waals surface area contributed by atoms with Gasteiger partial charge in [0.15, 0.2) is 11.5 Å². The summed E-state index contributed by atoms with van der Waals surface area (Å²) < 4.78 is 44.0. The van der Waals surface area contributed by atoms with E-state index in [1.54, 1.807) is 12.1 Å². The van der Waals surface area contributed by atoms with Crippen LogP contribution < -0.4 is 24.2 Å². The molecule has 1 amide bonds. The van der Waals surface area contributed by atoms with Crippen LogP contribution in [-0.2, 0) is 10.0 Å². The van der Waals surface area contributed by atoms with Crippen LogP contribution in [0.1, 0.15) is 36.0 Å². The molecule has 0 fully saturated rings. The van der Waals surface area contributed by atoms with Crippen LogP contribution in [0, 0.1) is 0 Å². The number of sulfonamides is 1. The molecule has 0 unspecified atom stereocenters. The average molecular weight is 462 g/mol. The fourth-order valence-electron chi connectivity index (χ4n) is 3.33. The molecule has 0 saturated carbocycles. The first-order valence-electron chi connectivity index (χ1n) is 10.2. The molecule has 3 rings (SSSR count). The molecule has 2 aromatic rings. The molecule has 0 spiro atoms. The zero-order chi connectivity index (χ0) is 23.1. The highest BCUT2D eigenvalue weighted by atomic mass is 32.2. The van der Waals surface area contributed by atoms with Gasteiger partial charge < -0.3 is 19.5 Å². The predicted molar refractivity (Wildman–Crippen MR) is 122 cm³/mol. The summed E-state index contributed by atoms with van der Waals surface area (Å²) in [6, 6.07) is 9.07. The van der Waals surface area contributed by atoms with Gasteiger partial charge in [-0.25, -0.2) is 8.42 Å². The van der Waals surface area contributed by atoms with Crippen molar-refractivity contribution in [3.8, 4) is 17.2 Å². The van der Waals surface area contributed by atoms with Gasteiger partial charge in [-0.3, -0.25) is 14.5 Å². The Hall–Kier alpha value is -3.27. The second-order valence-corrected chi connectivity index (χ2v) is 8.82. The number of carbonyl (C=O) groups excluding carboxylic acids is 1. The molecule has 0 aliphatic carbocycles. The van der Waals surface area contributed by atoms with Gasteiger partial charge in [0, 0.05) is 24.2 Å². The van der Waals surface area contributed by atoms with E-state index in [-0.39, 0.29) is 10.5 Å². The van der Waals surface area contributed by atoms with Crippen LogP contribution in [0.15, 0.2) is 46.3 Å². The number of anilines is 1. The number of hydrogen-bond donors (Lipinski definition) is 2. The van der Waals surface area contributed by atoms with Crippen LogP contribution in [0.2, 0.25) is 0 Å². The third kappa shape index (κ3) is 5.50. The van der Waals surface area contributed by atoms with Crippen LogP contribution in [0.3, 0.4) is 0 Å². The fraction of sp³-hybridized carbons (Fsp3) is 0.364. The van der Waals surface area contributed by atoms with E-state index in [4.69, 9.17) is 14.2 Å². The molecule has 2 N–H and O–H groups in total. The van der Waals surface area contributed by atoms with Crippen molar-refractivity contribution >= 4 is 27.5 Å². The molecule has 32 heavy (non-hydrogen) atoms. The Labute approximate surface area is 187 Å². The van der Waals surface area contributed by atoms with Crippen LogP contribution >= 0.6 is 0 Å². The number of ether oxygens (including phenoxy) is 3. The molecule has 1 heterocycles. The number of aliphatic imine (C=N–C) groups is 1. The van der Waals surface area contributed by atoms with Gasteiger partial charge >= 0.3 is 0 Å². The second-order valence-electron chi connectivity index (χ2n) is 7.14. The van der Waals surface area contributed by atoms with Gasteiger partial charge in [0.2, 0.25) is 5.75 Å². The fourth-order valence-corrected chi connectivity index (χ4v) is 4.46. The van der Waals surface area contributed by atoms with E-state index in [0.717, 1.165) is 19.3 Å². The van der Waals surface area contributed by atoms with E-state index in [1.807, 2.05) is 0 Å². The first-order valence-corrected chi connectivity index (χ1v) is 11.6. The lowest BCUT2D eigenvalue weighted by Crippen LogP contribution is -2.30. The monoisotopic (exact) mass is 461 g/mol. The average Bonchev–Trinajstić information content (AvgIpc) is 3.06. The van der Waals surface area contributed by atoms with Gasteiger partial charge in [-0.15, -0.1) is 0 Å². The summed E-state index contributed by atoms with van der Waals surface area (Å²) in [6.45, 7) is 0.614. The Morgan fingerprint density at radius 1 is 0.969 bits per heavy atom. The topological polar surface area (TPSA) is 115 Å². The molecular formula is C22H27N3O6S. The van der Waals surface area contributed by atoms with Crippen molar-refractivity contribution in [2.24, 2.45) is 4.99 Å². The van der Waals surface area contributed by atoms with Gasteiger partial charge in [0.1, 0.15) is 5.84 Å². The van der Waals surface area contributed by atoms with Gasteiger partial charge in [-0.2, -0.15) is 0 Å². The van der Waals surface area contributed by atoms with E-state index in [0.29, 0.717) is 41.7 Å². The van der Waals surface area contributed by atoms with Crippen LogP contribution in [0.25, 0.3) is 0 Å². The SMILES string of the molecule is COc1cc(C(=O)Nc2cccc(S(=O)(=O)NC3=NCCCCC3)c2)cc(OC)c1OC. The highest BCUT2D eigenvalue weighted by molar-refractivity contribution is 7.90. The van der Waals surface area contributed by atoms with Crippen molar-refractivity contribution in [3.63, 3.8) is 0 Å². The Kier molecular flexibility index (Phi) is 7.57. The van der Waals surface area contributed by atoms with Gasteiger partial charge in [-0.05, 0) is 43.2 Å². The molecule has 1 aliphatic heterocycles. The van der Waals surface area contributed by atoms with Crippen molar-refractivity contribution in [2.45, 2.75) is 30.6 Å². The minimum Gasteiger partial charge on any atom is -0.493 e. The third-order valence-electron chi connectivity index (χ3n) is 4.96. The molecule has 9 nitrogen and oxygen atoms in total. The van der Waals surface area contributed by atoms with Crippen molar-refractivity contribution < 1.29 is 27.4 Å². The summed E-state index contributed by atoms with van der Waals surface area (Å²) in [6.07, 6.45) is 3.47. The molecule has 1 aliphatic rings. The summed E-state index contributed by atoms with van der Waals surface area (Å²) in [5, 5.41) is 2.71. The van der Waals surface area contributed by atoms with Crippen LogP contribution in [0.5, 0.6) is 17.2 Å². The van der Waals surface area contributed by atoms with Gasteiger partial charge in [0.25, 0.3) is 15.9 Å². The van der Waals surface area contributed by atoms with Gasteiger partial charge in [-0.1, -0.05) is 12.5 Å². The molecule has 10 heteroatoms. The predicted octanol–water partition coefficient (Wildman–Crippen LogP) is 3.22. The second kappa shape index (κ2) is 10.4. The summed E-state index contributed by atoms with van der Waals surface area (Å²) >= 11 is 0. The minimum absolute atomic E-state index is 0.0344. The molecular weight excluding hydrogens is 434 g/mol. The quantitative estimate of drug-likeness (QED) is 0.654. The zero-order valence-corrected chi connectivity index (χ0v) is 19.1. The van der Waals surface area contributed by atoms with Crippen molar-refractivity contribution in [2.75, 3.05) is 33.2 Å². The van der Waals surface area contributed by atoms with E-state index in [2.05, 4.69) is 15.0 Å². The van der Waals surface area contributed by atoms with Crippen LogP contribution in [0.4, 0.5) is 5.69 Å². The Morgan fingerprint density at radius 2 is 1.69 bits per heavy atom. The molecule has 172 valence electrons. The smallest absolute Gasteiger partial charge is 0.262 e. The molecule has 0 atom stereocenters. The van der Waals surface area contributed by atoms with E-state index in [9.17, 15) is 13.2 Å². The largest absolute Gasteiger partial charge is 0.493 e. The van der Waals surface area contributed by atoms with E-state index in [1.165, 1.54) is 45.6 Å². The summed E-state index contributed by atoms with van der Waals surface area (Å²) in [4.78, 5) is 17.2. The maximum Gasteiger partial charge on any atom is 0.262 e. The van der Waals surface area contributed by atoms with Crippen molar-refractivity contribution in [1.82, 2.24) is 4.72 Å². The molecule has 0 radical (unpaired) electrons. The number of carbonyl (C=O) groups is 1. The maximum atomic E-state index is 12.8. The molecule has 0 saturated heterocycles. The standard InChI is InChI=1S/C22H27N3O6S/c1-29-18-12-15(13-19(30-2)21(18)31-3)22(26)24-16-8-7-9-17(14-16)32(27,28)25-20-10-5-4-6-11-23-20/h7-9,12-14H,4-6,10-11H2,1-3H3,(H,23,25)(H,24,26). The lowest BCUT2D eigenvalue weighted by Gasteiger charge is -2.14. The maximum absolute atomic E-state index is 12.8. The Morgan fingerprint density at radius 3 is 2.34 bits per heavy atom. The zero-order valence-electron chi connectivity index (χ0n) is 18.3. The first kappa shape index (κ1) is 23.4. The van der Waals surface area contributed by atoms with Crippen molar-refractivity contribution in [1.29, 1.82) is 0 Å². The first-order chi connectivity index (χ1) is 15.4. The summed E-state index contributed by atoms with van der Waals surface area (Å²) in [5.74, 6) is 1.05. The lowest BCUT2D eigenvalue weighted by atomic mass is 10.1. The van der Waals surface area contributed by atoms with E-state index < -0.39 is 15.9 Å². The van der Waals surface area contributed by atoms with E-state index >= 15 is 0 Å². The highest BCUT2D eigenvalue weighted by Gasteiger charge is 2.20. The molecule has 0 aromatic heterocycles. The normalized spacial score (nSPS) is 14.0. The number of benzene rings is 2. The number of amides is 1. The molecule has 2 aromatic carbocycles. The summed E-state index contributed by atoms with van der Waals surface area (Å²) in [5.41, 5.74) is 0.591. The number of methoxy groups -OCH3 is 3. The molecule has 0 bridgehead atoms. The number of rotatable bonds is 7. The van der Waals surface area contributed by atoms with Crippen LogP contribution in [-0.4, -0.2) is 48.0 Å². The Bertz CT molecular complexity index is 1090. The number of hydrogen-bond acceptors (Lipinski definition) is 7. The number of amidine groups is 1. The minimum atomic E-state index is -3.82. The van der Waals surface area contributed by atoms with Gasteiger partial charge in [0.05, 0.1) is 26.2 Å². The number of nitrogens with zero attached hydrogens (tertiary/aromatic N) is 1. The highest BCUT2D eigenvalue weighted by Crippen LogP contribution is 2.38. The third-order valence-corrected chi connectivity index (χ3v) is 6.33. The Balaban J connectivity index is 1.81.